The van der Waals surface area contributed by atoms with E-state index in [2.05, 4.69) is 15.3 Å². The van der Waals surface area contributed by atoms with E-state index in [1.54, 1.807) is 12.1 Å². The number of imidazole rings is 1. The molecule has 0 saturated carbocycles. The molecule has 28 heavy (non-hydrogen) atoms. The van der Waals surface area contributed by atoms with Crippen molar-refractivity contribution in [3.63, 3.8) is 0 Å². The SMILES string of the molecule is Cc1oc(-c2ccc(Cl)cc2)nc1CC(=O)NCCc1ncc2ccccn12. The lowest BCUT2D eigenvalue weighted by molar-refractivity contribution is -0.120. The van der Waals surface area contributed by atoms with Crippen LogP contribution in [0.1, 0.15) is 17.3 Å². The Balaban J connectivity index is 1.35. The summed E-state index contributed by atoms with van der Waals surface area (Å²) in [4.78, 5) is 21.2. The van der Waals surface area contributed by atoms with Gasteiger partial charge in [-0.05, 0) is 43.3 Å². The van der Waals surface area contributed by atoms with Gasteiger partial charge in [0.15, 0.2) is 0 Å². The van der Waals surface area contributed by atoms with Gasteiger partial charge in [0.1, 0.15) is 11.6 Å². The van der Waals surface area contributed by atoms with E-state index >= 15 is 0 Å². The number of aromatic nitrogens is 3. The Morgan fingerprint density at radius 1 is 1.21 bits per heavy atom. The molecule has 0 fully saturated rings. The first-order chi connectivity index (χ1) is 13.6. The van der Waals surface area contributed by atoms with Crippen LogP contribution < -0.4 is 5.32 Å². The van der Waals surface area contributed by atoms with Gasteiger partial charge in [0, 0.05) is 29.7 Å². The molecule has 7 heteroatoms. The maximum atomic E-state index is 12.3. The summed E-state index contributed by atoms with van der Waals surface area (Å²) in [6.45, 7) is 2.32. The number of hydrogen-bond donors (Lipinski definition) is 1. The van der Waals surface area contributed by atoms with E-state index in [-0.39, 0.29) is 12.3 Å². The highest BCUT2D eigenvalue weighted by atomic mass is 35.5. The van der Waals surface area contributed by atoms with Gasteiger partial charge in [0.2, 0.25) is 11.8 Å². The molecular weight excluding hydrogens is 376 g/mol. The van der Waals surface area contributed by atoms with Crippen LogP contribution in [0.25, 0.3) is 17.0 Å². The van der Waals surface area contributed by atoms with E-state index in [1.165, 1.54) is 0 Å². The van der Waals surface area contributed by atoms with Crippen LogP contribution in [-0.2, 0) is 17.6 Å². The molecule has 0 radical (unpaired) electrons. The number of rotatable bonds is 6. The minimum atomic E-state index is -0.0973. The number of fused-ring (bicyclic) bond motifs is 1. The lowest BCUT2D eigenvalue weighted by atomic mass is 10.2. The van der Waals surface area contributed by atoms with E-state index < -0.39 is 0 Å². The predicted octanol–water partition coefficient (Wildman–Crippen LogP) is 3.85. The number of nitrogens with zero attached hydrogens (tertiary/aromatic N) is 3. The van der Waals surface area contributed by atoms with Gasteiger partial charge < -0.3 is 14.1 Å². The van der Waals surface area contributed by atoms with Crippen molar-refractivity contribution in [3.8, 4) is 11.5 Å². The maximum Gasteiger partial charge on any atom is 0.226 e. The molecule has 4 aromatic rings. The van der Waals surface area contributed by atoms with Crippen molar-refractivity contribution < 1.29 is 9.21 Å². The second-order valence-electron chi connectivity index (χ2n) is 6.48. The van der Waals surface area contributed by atoms with Gasteiger partial charge in [-0.25, -0.2) is 9.97 Å². The minimum absolute atomic E-state index is 0.0973. The van der Waals surface area contributed by atoms with Crippen LogP contribution in [0.15, 0.2) is 59.3 Å². The maximum absolute atomic E-state index is 12.3. The van der Waals surface area contributed by atoms with Gasteiger partial charge in [0.25, 0.3) is 0 Å². The van der Waals surface area contributed by atoms with Crippen LogP contribution in [-0.4, -0.2) is 26.8 Å². The van der Waals surface area contributed by atoms with Crippen molar-refractivity contribution in [1.29, 1.82) is 0 Å². The van der Waals surface area contributed by atoms with E-state index in [0.717, 1.165) is 16.9 Å². The predicted molar refractivity (Wildman–Crippen MR) is 107 cm³/mol. The van der Waals surface area contributed by atoms with Gasteiger partial charge in [-0.3, -0.25) is 4.79 Å². The Kier molecular flexibility index (Phi) is 5.12. The lowest BCUT2D eigenvalue weighted by Crippen LogP contribution is -2.28. The Bertz CT molecular complexity index is 1120. The Morgan fingerprint density at radius 2 is 2.04 bits per heavy atom. The second-order valence-corrected chi connectivity index (χ2v) is 6.91. The molecule has 0 aliphatic heterocycles. The fourth-order valence-electron chi connectivity index (χ4n) is 3.02. The number of benzene rings is 1. The van der Waals surface area contributed by atoms with Crippen molar-refractivity contribution in [2.24, 2.45) is 0 Å². The van der Waals surface area contributed by atoms with Crippen molar-refractivity contribution in [1.82, 2.24) is 19.7 Å². The molecule has 0 saturated heterocycles. The molecular formula is C21H19ClN4O2. The van der Waals surface area contributed by atoms with Crippen molar-refractivity contribution in [2.75, 3.05) is 6.54 Å². The summed E-state index contributed by atoms with van der Waals surface area (Å²) < 4.78 is 7.73. The zero-order valence-electron chi connectivity index (χ0n) is 15.4. The molecule has 0 spiro atoms. The molecule has 142 valence electrons. The second kappa shape index (κ2) is 7.86. The molecule has 1 aromatic carbocycles. The number of carbonyl (C=O) groups excluding carboxylic acids is 1. The minimum Gasteiger partial charge on any atom is -0.441 e. The molecule has 0 atom stereocenters. The third-order valence-electron chi connectivity index (χ3n) is 4.50. The smallest absolute Gasteiger partial charge is 0.226 e. The summed E-state index contributed by atoms with van der Waals surface area (Å²) >= 11 is 5.91. The van der Waals surface area contributed by atoms with Crippen molar-refractivity contribution >= 4 is 23.0 Å². The summed E-state index contributed by atoms with van der Waals surface area (Å²) in [5.74, 6) is 1.94. The summed E-state index contributed by atoms with van der Waals surface area (Å²) in [6, 6.07) is 13.2. The van der Waals surface area contributed by atoms with Crippen LogP contribution in [0.4, 0.5) is 0 Å². The summed E-state index contributed by atoms with van der Waals surface area (Å²) in [6.07, 6.45) is 4.62. The highest BCUT2D eigenvalue weighted by Crippen LogP contribution is 2.23. The summed E-state index contributed by atoms with van der Waals surface area (Å²) in [5, 5.41) is 3.58. The van der Waals surface area contributed by atoms with Crippen LogP contribution >= 0.6 is 11.6 Å². The molecule has 0 aliphatic rings. The number of amides is 1. The van der Waals surface area contributed by atoms with Gasteiger partial charge in [-0.1, -0.05) is 17.7 Å². The number of pyridine rings is 1. The van der Waals surface area contributed by atoms with Crippen LogP contribution in [0.3, 0.4) is 0 Å². The Labute approximate surface area is 167 Å². The molecule has 0 aliphatic carbocycles. The highest BCUT2D eigenvalue weighted by Gasteiger charge is 2.15. The zero-order valence-corrected chi connectivity index (χ0v) is 16.1. The molecule has 0 bridgehead atoms. The lowest BCUT2D eigenvalue weighted by Gasteiger charge is -2.04. The molecule has 0 unspecified atom stereocenters. The fraction of sp³-hybridized carbons (Fsp3) is 0.190. The average molecular weight is 395 g/mol. The standard InChI is InChI=1S/C21H19ClN4O2/c1-14-18(25-21(28-14)15-5-7-16(22)8-6-15)12-20(27)23-10-9-19-24-13-17-4-2-3-11-26(17)19/h2-8,11,13H,9-10,12H2,1H3,(H,23,27). The van der Waals surface area contributed by atoms with E-state index in [9.17, 15) is 4.79 Å². The first kappa shape index (κ1) is 18.3. The van der Waals surface area contributed by atoms with Crippen molar-refractivity contribution in [3.05, 3.63) is 77.2 Å². The first-order valence-corrected chi connectivity index (χ1v) is 9.38. The average Bonchev–Trinajstić information content (AvgIpc) is 3.26. The van der Waals surface area contributed by atoms with Crippen molar-refractivity contribution in [2.45, 2.75) is 19.8 Å². The van der Waals surface area contributed by atoms with Gasteiger partial charge in [0.05, 0.1) is 23.8 Å². The Morgan fingerprint density at radius 3 is 2.86 bits per heavy atom. The molecule has 4 rings (SSSR count). The molecule has 1 N–H and O–H groups in total. The number of aryl methyl sites for hydroxylation is 1. The third kappa shape index (κ3) is 3.92. The van der Waals surface area contributed by atoms with Gasteiger partial charge >= 0.3 is 0 Å². The summed E-state index contributed by atoms with van der Waals surface area (Å²) in [5.41, 5.74) is 2.50. The van der Waals surface area contributed by atoms with Crippen LogP contribution in [0.2, 0.25) is 5.02 Å². The number of halogens is 1. The molecule has 3 heterocycles. The number of nitrogens with one attached hydrogen (secondary N) is 1. The quantitative estimate of drug-likeness (QED) is 0.539. The zero-order chi connectivity index (χ0) is 19.5. The van der Waals surface area contributed by atoms with Gasteiger partial charge in [-0.15, -0.1) is 0 Å². The van der Waals surface area contributed by atoms with Crippen LogP contribution in [0.5, 0.6) is 0 Å². The normalized spacial score (nSPS) is 11.1. The molecule has 3 aromatic heterocycles. The van der Waals surface area contributed by atoms with E-state index in [0.29, 0.717) is 35.3 Å². The number of hydrogen-bond acceptors (Lipinski definition) is 4. The summed E-state index contributed by atoms with van der Waals surface area (Å²) in [7, 11) is 0. The topological polar surface area (TPSA) is 72.4 Å². The van der Waals surface area contributed by atoms with Crippen LogP contribution in [0, 0.1) is 6.92 Å². The van der Waals surface area contributed by atoms with E-state index in [1.807, 2.05) is 54.0 Å². The largest absolute Gasteiger partial charge is 0.441 e. The fourth-order valence-corrected chi connectivity index (χ4v) is 3.15. The Hall–Kier alpha value is -3.12. The monoisotopic (exact) mass is 394 g/mol. The third-order valence-corrected chi connectivity index (χ3v) is 4.75. The molecule has 6 nitrogen and oxygen atoms in total. The highest BCUT2D eigenvalue weighted by molar-refractivity contribution is 6.30. The molecule has 1 amide bonds. The van der Waals surface area contributed by atoms with Gasteiger partial charge in [-0.2, -0.15) is 0 Å². The number of carbonyl (C=O) groups is 1. The number of oxazole rings is 1. The first-order valence-electron chi connectivity index (χ1n) is 9.00. The van der Waals surface area contributed by atoms with E-state index in [4.69, 9.17) is 16.0 Å².